The van der Waals surface area contributed by atoms with Crippen LogP contribution in [0.3, 0.4) is 0 Å². The van der Waals surface area contributed by atoms with Crippen molar-refractivity contribution in [3.8, 4) is 0 Å². The third-order valence-electron chi connectivity index (χ3n) is 5.76. The fourth-order valence-electron chi connectivity index (χ4n) is 4.03. The molecule has 174 valence electrons. The van der Waals surface area contributed by atoms with Gasteiger partial charge in [0, 0.05) is 44.3 Å². The molecule has 3 N–H and O–H groups in total. The second kappa shape index (κ2) is 14.6. The molecule has 2 fully saturated rings. The SMILES string of the molecule is CCNC(=NCc1cccc(NC(=O)C2CCCCC2)c1)NCCN1CCOCC1.I. The summed E-state index contributed by atoms with van der Waals surface area (Å²) in [5.41, 5.74) is 1.95. The van der Waals surface area contributed by atoms with Crippen molar-refractivity contribution >= 4 is 41.5 Å². The lowest BCUT2D eigenvalue weighted by molar-refractivity contribution is -0.120. The van der Waals surface area contributed by atoms with Gasteiger partial charge in [-0.25, -0.2) is 4.99 Å². The molecule has 1 saturated carbocycles. The van der Waals surface area contributed by atoms with Gasteiger partial charge in [0.15, 0.2) is 5.96 Å². The normalized spacial score (nSPS) is 18.2. The van der Waals surface area contributed by atoms with Crippen LogP contribution < -0.4 is 16.0 Å². The van der Waals surface area contributed by atoms with E-state index in [4.69, 9.17) is 9.73 Å². The average Bonchev–Trinajstić information content (AvgIpc) is 2.79. The molecule has 0 radical (unpaired) electrons. The quantitative estimate of drug-likeness (QED) is 0.267. The summed E-state index contributed by atoms with van der Waals surface area (Å²) in [4.78, 5) is 19.6. The van der Waals surface area contributed by atoms with Crippen LogP contribution in [0.25, 0.3) is 0 Å². The van der Waals surface area contributed by atoms with Gasteiger partial charge >= 0.3 is 0 Å². The first-order chi connectivity index (χ1) is 14.7. The maximum absolute atomic E-state index is 12.5. The first-order valence-electron chi connectivity index (χ1n) is 11.5. The molecule has 3 rings (SSSR count). The molecular weight excluding hydrogens is 505 g/mol. The van der Waals surface area contributed by atoms with E-state index < -0.39 is 0 Å². The number of carbonyl (C=O) groups excluding carboxylic acids is 1. The third-order valence-corrected chi connectivity index (χ3v) is 5.76. The summed E-state index contributed by atoms with van der Waals surface area (Å²) in [7, 11) is 0. The number of hydrogen-bond acceptors (Lipinski definition) is 4. The van der Waals surface area contributed by atoms with Crippen LogP contribution in [0.1, 0.15) is 44.6 Å². The molecule has 1 amide bonds. The van der Waals surface area contributed by atoms with E-state index in [9.17, 15) is 4.79 Å². The minimum absolute atomic E-state index is 0. The number of aliphatic imine (C=N–C) groups is 1. The summed E-state index contributed by atoms with van der Waals surface area (Å²) < 4.78 is 5.40. The minimum atomic E-state index is 0. The molecule has 31 heavy (non-hydrogen) atoms. The first-order valence-corrected chi connectivity index (χ1v) is 11.5. The molecule has 1 aliphatic carbocycles. The topological polar surface area (TPSA) is 78.0 Å². The lowest BCUT2D eigenvalue weighted by Gasteiger charge is -2.26. The number of carbonyl (C=O) groups is 1. The van der Waals surface area contributed by atoms with Gasteiger partial charge in [-0.3, -0.25) is 9.69 Å². The van der Waals surface area contributed by atoms with Crippen LogP contribution in [0, 0.1) is 5.92 Å². The number of rotatable bonds is 8. The fourth-order valence-corrected chi connectivity index (χ4v) is 4.03. The number of guanidine groups is 1. The van der Waals surface area contributed by atoms with Gasteiger partial charge in [0.2, 0.25) is 5.91 Å². The monoisotopic (exact) mass is 543 g/mol. The Balaban J connectivity index is 0.00000341. The number of nitrogens with one attached hydrogen (secondary N) is 3. The summed E-state index contributed by atoms with van der Waals surface area (Å²) in [6, 6.07) is 8.03. The van der Waals surface area contributed by atoms with E-state index in [1.165, 1.54) is 19.3 Å². The highest BCUT2D eigenvalue weighted by Gasteiger charge is 2.21. The molecule has 7 nitrogen and oxygen atoms in total. The molecule has 1 aromatic rings. The van der Waals surface area contributed by atoms with Gasteiger partial charge in [0.1, 0.15) is 0 Å². The first kappa shape index (κ1) is 25.9. The van der Waals surface area contributed by atoms with Crippen molar-refractivity contribution in [3.63, 3.8) is 0 Å². The highest BCUT2D eigenvalue weighted by Crippen LogP contribution is 2.25. The predicted molar refractivity (Wildman–Crippen MR) is 137 cm³/mol. The summed E-state index contributed by atoms with van der Waals surface area (Å²) in [6.07, 6.45) is 5.61. The van der Waals surface area contributed by atoms with E-state index in [1.54, 1.807) is 0 Å². The van der Waals surface area contributed by atoms with Crippen molar-refractivity contribution in [1.29, 1.82) is 0 Å². The maximum atomic E-state index is 12.5. The second-order valence-corrected chi connectivity index (χ2v) is 8.10. The van der Waals surface area contributed by atoms with Crippen LogP contribution in [0.4, 0.5) is 5.69 Å². The van der Waals surface area contributed by atoms with Crippen molar-refractivity contribution in [1.82, 2.24) is 15.5 Å². The van der Waals surface area contributed by atoms with E-state index in [0.29, 0.717) is 6.54 Å². The lowest BCUT2D eigenvalue weighted by atomic mass is 9.88. The highest BCUT2D eigenvalue weighted by atomic mass is 127. The molecule has 0 bridgehead atoms. The van der Waals surface area contributed by atoms with Crippen LogP contribution in [0.2, 0.25) is 0 Å². The summed E-state index contributed by atoms with van der Waals surface area (Å²) in [6.45, 7) is 8.92. The molecule has 1 aliphatic heterocycles. The van der Waals surface area contributed by atoms with Crippen LogP contribution in [0.15, 0.2) is 29.3 Å². The Labute approximate surface area is 203 Å². The van der Waals surface area contributed by atoms with Crippen molar-refractivity contribution in [2.45, 2.75) is 45.6 Å². The molecule has 1 heterocycles. The van der Waals surface area contributed by atoms with Gasteiger partial charge in [-0.15, -0.1) is 24.0 Å². The minimum Gasteiger partial charge on any atom is -0.379 e. The van der Waals surface area contributed by atoms with E-state index in [-0.39, 0.29) is 35.8 Å². The standard InChI is InChI=1S/C23H37N5O2.HI/c1-2-24-23(25-11-12-28-13-15-30-16-14-28)26-18-19-7-6-10-21(17-19)27-22(29)20-8-4-3-5-9-20;/h6-7,10,17,20H,2-5,8-9,11-16,18H2,1H3,(H,27,29)(H2,24,25,26);1H. The van der Waals surface area contributed by atoms with Crippen molar-refractivity contribution in [2.75, 3.05) is 51.3 Å². The van der Waals surface area contributed by atoms with Crippen LogP contribution in [-0.2, 0) is 16.1 Å². The predicted octanol–water partition coefficient (Wildman–Crippen LogP) is 3.21. The highest BCUT2D eigenvalue weighted by molar-refractivity contribution is 14.0. The van der Waals surface area contributed by atoms with Gasteiger partial charge in [0.05, 0.1) is 19.8 Å². The van der Waals surface area contributed by atoms with Crippen LogP contribution in [-0.4, -0.2) is 62.7 Å². The van der Waals surface area contributed by atoms with E-state index >= 15 is 0 Å². The Hall–Kier alpha value is -1.39. The maximum Gasteiger partial charge on any atom is 0.227 e. The zero-order valence-corrected chi connectivity index (χ0v) is 21.0. The Morgan fingerprint density at radius 3 is 2.68 bits per heavy atom. The zero-order valence-electron chi connectivity index (χ0n) is 18.7. The van der Waals surface area contributed by atoms with Gasteiger partial charge in [0.25, 0.3) is 0 Å². The number of amides is 1. The molecule has 1 saturated heterocycles. The molecule has 8 heteroatoms. The smallest absolute Gasteiger partial charge is 0.227 e. The van der Waals surface area contributed by atoms with Gasteiger partial charge in [-0.05, 0) is 37.5 Å². The fraction of sp³-hybridized carbons (Fsp3) is 0.652. The number of ether oxygens (including phenoxy) is 1. The Bertz CT molecular complexity index is 688. The number of hydrogen-bond donors (Lipinski definition) is 3. The van der Waals surface area contributed by atoms with Gasteiger partial charge in [-0.1, -0.05) is 31.4 Å². The molecule has 0 atom stereocenters. The van der Waals surface area contributed by atoms with Crippen molar-refractivity contribution in [2.24, 2.45) is 10.9 Å². The number of anilines is 1. The molecule has 2 aliphatic rings. The Kier molecular flexibility index (Phi) is 12.2. The van der Waals surface area contributed by atoms with Crippen LogP contribution in [0.5, 0.6) is 0 Å². The van der Waals surface area contributed by atoms with Crippen molar-refractivity contribution in [3.05, 3.63) is 29.8 Å². The van der Waals surface area contributed by atoms with Crippen molar-refractivity contribution < 1.29 is 9.53 Å². The number of nitrogens with zero attached hydrogens (tertiary/aromatic N) is 2. The van der Waals surface area contributed by atoms with E-state index in [0.717, 1.165) is 76.0 Å². The lowest BCUT2D eigenvalue weighted by Crippen LogP contribution is -2.44. The summed E-state index contributed by atoms with van der Waals surface area (Å²) in [5, 5.41) is 9.82. The van der Waals surface area contributed by atoms with E-state index in [1.807, 2.05) is 18.2 Å². The van der Waals surface area contributed by atoms with Gasteiger partial charge in [-0.2, -0.15) is 0 Å². The zero-order chi connectivity index (χ0) is 21.0. The molecule has 0 unspecified atom stereocenters. The van der Waals surface area contributed by atoms with Gasteiger partial charge < -0.3 is 20.7 Å². The molecular formula is C23H38IN5O2. The van der Waals surface area contributed by atoms with E-state index in [2.05, 4.69) is 33.8 Å². The average molecular weight is 543 g/mol. The largest absolute Gasteiger partial charge is 0.379 e. The Morgan fingerprint density at radius 2 is 1.94 bits per heavy atom. The van der Waals surface area contributed by atoms with Crippen LogP contribution >= 0.6 is 24.0 Å². The molecule has 0 aromatic heterocycles. The molecule has 1 aromatic carbocycles. The number of halogens is 1. The summed E-state index contributed by atoms with van der Waals surface area (Å²) >= 11 is 0. The second-order valence-electron chi connectivity index (χ2n) is 8.10. The number of benzene rings is 1. The molecule has 0 spiro atoms. The number of morpholine rings is 1. The Morgan fingerprint density at radius 1 is 1.16 bits per heavy atom. The summed E-state index contributed by atoms with van der Waals surface area (Å²) in [5.74, 6) is 1.15. The third kappa shape index (κ3) is 9.33.